The number of carbonyl (C=O) groups excluding carboxylic acids is 1. The summed E-state index contributed by atoms with van der Waals surface area (Å²) in [5.74, 6) is 1.29. The van der Waals surface area contributed by atoms with Gasteiger partial charge in [0.2, 0.25) is 0 Å². The lowest BCUT2D eigenvalue weighted by atomic mass is 9.96. The highest BCUT2D eigenvalue weighted by Crippen LogP contribution is 2.38. The third kappa shape index (κ3) is 3.52. The minimum Gasteiger partial charge on any atom is -0.343 e. The second-order valence-electron chi connectivity index (χ2n) is 8.54. The molecule has 1 amide bonds. The quantitative estimate of drug-likeness (QED) is 0.604. The monoisotopic (exact) mass is 441 g/mol. The molecule has 0 spiro atoms. The third-order valence-electron chi connectivity index (χ3n) is 6.63. The van der Waals surface area contributed by atoms with Crippen LogP contribution >= 0.6 is 22.7 Å². The van der Waals surface area contributed by atoms with Crippen LogP contribution in [0.15, 0.2) is 22.3 Å². The van der Waals surface area contributed by atoms with E-state index in [2.05, 4.69) is 22.8 Å². The Morgan fingerprint density at radius 1 is 1.23 bits per heavy atom. The average molecular weight is 442 g/mol. The number of carbonyl (C=O) groups is 1. The predicted octanol–water partition coefficient (Wildman–Crippen LogP) is 5.22. The van der Waals surface area contributed by atoms with E-state index in [1.165, 1.54) is 29.1 Å². The van der Waals surface area contributed by atoms with E-state index >= 15 is 0 Å². The number of aryl methyl sites for hydroxylation is 2. The average Bonchev–Trinajstić information content (AvgIpc) is 3.47. The number of nitrogens with one attached hydrogen (secondary N) is 1. The standard InChI is InChI=1S/C23H27N3O2S2/c1-14-18-22(24-17-11-3-2-6-12-26(17)23(18)28)30-20(14)21(27)25-19(15-8-4-5-9-15)16-10-7-13-29-16/h7,10,13,15,19H,2-6,8-9,11-12H2,1H3,(H,25,27). The Bertz CT molecular complexity index is 1120. The zero-order valence-electron chi connectivity index (χ0n) is 17.3. The molecule has 1 unspecified atom stereocenters. The lowest BCUT2D eigenvalue weighted by Gasteiger charge is -2.23. The van der Waals surface area contributed by atoms with Crippen molar-refractivity contribution in [2.45, 2.75) is 70.9 Å². The third-order valence-corrected chi connectivity index (χ3v) is 8.77. The van der Waals surface area contributed by atoms with E-state index in [9.17, 15) is 9.59 Å². The molecule has 2 aliphatic rings. The van der Waals surface area contributed by atoms with Gasteiger partial charge in [-0.25, -0.2) is 4.98 Å². The zero-order chi connectivity index (χ0) is 20.7. The van der Waals surface area contributed by atoms with Crippen molar-refractivity contribution in [3.63, 3.8) is 0 Å². The maximum atomic E-state index is 13.4. The van der Waals surface area contributed by atoms with Crippen LogP contribution in [0.25, 0.3) is 10.2 Å². The Kier molecular flexibility index (Phi) is 5.50. The Morgan fingerprint density at radius 2 is 2.07 bits per heavy atom. The van der Waals surface area contributed by atoms with Crippen molar-refractivity contribution < 1.29 is 4.79 Å². The summed E-state index contributed by atoms with van der Waals surface area (Å²) in [4.78, 5) is 33.9. The molecule has 1 N–H and O–H groups in total. The Labute approximate surface area is 184 Å². The summed E-state index contributed by atoms with van der Waals surface area (Å²) < 4.78 is 1.84. The molecule has 0 saturated heterocycles. The lowest BCUT2D eigenvalue weighted by molar-refractivity contribution is 0.0926. The highest BCUT2D eigenvalue weighted by molar-refractivity contribution is 7.20. The first-order chi connectivity index (χ1) is 14.6. The first-order valence-electron chi connectivity index (χ1n) is 11.0. The van der Waals surface area contributed by atoms with Crippen molar-refractivity contribution in [3.05, 3.63) is 49.0 Å². The summed E-state index contributed by atoms with van der Waals surface area (Å²) in [6.07, 6.45) is 8.83. The van der Waals surface area contributed by atoms with Gasteiger partial charge in [-0.3, -0.25) is 14.2 Å². The number of hydrogen-bond donors (Lipinski definition) is 1. The van der Waals surface area contributed by atoms with Gasteiger partial charge in [0.25, 0.3) is 11.5 Å². The van der Waals surface area contributed by atoms with Gasteiger partial charge < -0.3 is 5.32 Å². The zero-order valence-corrected chi connectivity index (χ0v) is 18.9. The Morgan fingerprint density at radius 3 is 2.83 bits per heavy atom. The summed E-state index contributed by atoms with van der Waals surface area (Å²) in [5, 5.41) is 6.03. The van der Waals surface area contributed by atoms with E-state index in [0.29, 0.717) is 21.0 Å². The van der Waals surface area contributed by atoms with E-state index in [-0.39, 0.29) is 17.5 Å². The summed E-state index contributed by atoms with van der Waals surface area (Å²) in [6, 6.07) is 4.23. The van der Waals surface area contributed by atoms with Crippen LogP contribution in [0, 0.1) is 12.8 Å². The highest BCUT2D eigenvalue weighted by atomic mass is 32.1. The number of fused-ring (bicyclic) bond motifs is 2. The first-order valence-corrected chi connectivity index (χ1v) is 12.7. The van der Waals surface area contributed by atoms with Gasteiger partial charge in [-0.2, -0.15) is 0 Å². The van der Waals surface area contributed by atoms with Crippen molar-refractivity contribution >= 4 is 38.8 Å². The van der Waals surface area contributed by atoms with E-state index < -0.39 is 0 Å². The van der Waals surface area contributed by atoms with Gasteiger partial charge in [0.15, 0.2) is 0 Å². The number of thiophene rings is 2. The van der Waals surface area contributed by atoms with E-state index in [1.54, 1.807) is 11.3 Å². The van der Waals surface area contributed by atoms with Crippen LogP contribution in [0.3, 0.4) is 0 Å². The molecule has 1 saturated carbocycles. The largest absolute Gasteiger partial charge is 0.343 e. The van der Waals surface area contributed by atoms with Crippen LogP contribution in [0.5, 0.6) is 0 Å². The van der Waals surface area contributed by atoms with E-state index in [1.807, 2.05) is 11.5 Å². The van der Waals surface area contributed by atoms with Gasteiger partial charge in [-0.05, 0) is 55.5 Å². The molecule has 1 aliphatic carbocycles. The predicted molar refractivity (Wildman–Crippen MR) is 123 cm³/mol. The van der Waals surface area contributed by atoms with E-state index in [4.69, 9.17) is 4.98 Å². The van der Waals surface area contributed by atoms with Crippen molar-refractivity contribution in [1.82, 2.24) is 14.9 Å². The normalized spacial score (nSPS) is 18.3. The number of aromatic nitrogens is 2. The molecule has 7 heteroatoms. The van der Waals surface area contributed by atoms with Gasteiger partial charge in [0.05, 0.1) is 16.3 Å². The molecule has 0 aromatic carbocycles. The van der Waals surface area contributed by atoms with Crippen molar-refractivity contribution in [2.24, 2.45) is 5.92 Å². The fraction of sp³-hybridized carbons (Fsp3) is 0.522. The Hall–Kier alpha value is -1.99. The van der Waals surface area contributed by atoms with Crippen LogP contribution < -0.4 is 10.9 Å². The smallest absolute Gasteiger partial charge is 0.262 e. The van der Waals surface area contributed by atoms with Crippen molar-refractivity contribution in [1.29, 1.82) is 0 Å². The van der Waals surface area contributed by atoms with E-state index in [0.717, 1.165) is 56.5 Å². The SMILES string of the molecule is Cc1c(C(=O)NC(c2cccs2)C2CCCC2)sc2nc3n(c(=O)c12)CCCCC3. The second-order valence-corrected chi connectivity index (χ2v) is 10.5. The number of amides is 1. The summed E-state index contributed by atoms with van der Waals surface area (Å²) in [7, 11) is 0. The van der Waals surface area contributed by atoms with Gasteiger partial charge >= 0.3 is 0 Å². The number of nitrogens with zero attached hydrogens (tertiary/aromatic N) is 2. The topological polar surface area (TPSA) is 64.0 Å². The second kappa shape index (κ2) is 8.27. The molecule has 3 aromatic rings. The van der Waals surface area contributed by atoms with Gasteiger partial charge in [0, 0.05) is 17.8 Å². The fourth-order valence-electron chi connectivity index (χ4n) is 5.01. The van der Waals surface area contributed by atoms with Gasteiger partial charge in [-0.1, -0.05) is 25.3 Å². The minimum absolute atomic E-state index is 0.0234. The van der Waals surface area contributed by atoms with Crippen LogP contribution in [0.1, 0.15) is 76.9 Å². The van der Waals surface area contributed by atoms with Gasteiger partial charge in [-0.15, -0.1) is 22.7 Å². The molecule has 3 aromatic heterocycles. The van der Waals surface area contributed by atoms with Gasteiger partial charge in [0.1, 0.15) is 10.7 Å². The first kappa shape index (κ1) is 19.9. The Balaban J connectivity index is 1.51. The molecule has 158 valence electrons. The minimum atomic E-state index is -0.0691. The molecule has 1 atom stereocenters. The molecule has 4 heterocycles. The maximum absolute atomic E-state index is 13.4. The molecule has 0 radical (unpaired) electrons. The number of hydrogen-bond acceptors (Lipinski definition) is 5. The fourth-order valence-corrected chi connectivity index (χ4v) is 6.98. The molecular formula is C23H27N3O2S2. The maximum Gasteiger partial charge on any atom is 0.262 e. The summed E-state index contributed by atoms with van der Waals surface area (Å²) in [6.45, 7) is 2.63. The van der Waals surface area contributed by atoms with Crippen molar-refractivity contribution in [3.8, 4) is 0 Å². The molecule has 1 fully saturated rings. The van der Waals surface area contributed by atoms with Crippen LogP contribution in [0.2, 0.25) is 0 Å². The molecular weight excluding hydrogens is 414 g/mol. The summed E-state index contributed by atoms with van der Waals surface area (Å²) in [5.41, 5.74) is 0.802. The van der Waals surface area contributed by atoms with Crippen molar-refractivity contribution in [2.75, 3.05) is 0 Å². The number of rotatable bonds is 4. The molecule has 5 nitrogen and oxygen atoms in total. The summed E-state index contributed by atoms with van der Waals surface area (Å²) >= 11 is 3.08. The van der Waals surface area contributed by atoms with Crippen LogP contribution in [-0.2, 0) is 13.0 Å². The molecule has 0 bridgehead atoms. The molecule has 5 rings (SSSR count). The lowest BCUT2D eigenvalue weighted by Crippen LogP contribution is -2.32. The van der Waals surface area contributed by atoms with Crippen LogP contribution in [0.4, 0.5) is 0 Å². The highest BCUT2D eigenvalue weighted by Gasteiger charge is 2.30. The molecule has 1 aliphatic heterocycles. The van der Waals surface area contributed by atoms with Crippen LogP contribution in [-0.4, -0.2) is 15.5 Å². The molecule has 30 heavy (non-hydrogen) atoms.